The van der Waals surface area contributed by atoms with E-state index in [1.54, 1.807) is 0 Å². The van der Waals surface area contributed by atoms with Crippen LogP contribution in [-0.4, -0.2) is 15.0 Å². The Bertz CT molecular complexity index is 1120. The molecule has 0 radical (unpaired) electrons. The Morgan fingerprint density at radius 1 is 0.548 bits per heavy atom. The Hall–Kier alpha value is -3.93. The van der Waals surface area contributed by atoms with Gasteiger partial charge in [0.15, 0.2) is 0 Å². The molecule has 0 aliphatic rings. The summed E-state index contributed by atoms with van der Waals surface area (Å²) in [6.45, 7) is 6.23. The molecular formula is C25H26N6. The molecular weight excluding hydrogens is 384 g/mol. The molecule has 0 aliphatic carbocycles. The van der Waals surface area contributed by atoms with Gasteiger partial charge in [0.1, 0.15) is 0 Å². The number of rotatable bonds is 7. The van der Waals surface area contributed by atoms with Crippen LogP contribution < -0.4 is 16.0 Å². The number of hydrogen-bond donors (Lipinski definition) is 3. The van der Waals surface area contributed by atoms with Crippen molar-refractivity contribution >= 4 is 34.9 Å². The number of nitrogens with one attached hydrogen (secondary N) is 3. The van der Waals surface area contributed by atoms with Gasteiger partial charge >= 0.3 is 0 Å². The smallest absolute Gasteiger partial charge is 0.233 e. The predicted octanol–water partition coefficient (Wildman–Crippen LogP) is 6.28. The number of para-hydroxylation sites is 3. The number of aromatic nitrogens is 3. The number of hydrogen-bond acceptors (Lipinski definition) is 6. The summed E-state index contributed by atoms with van der Waals surface area (Å²) in [6.07, 6.45) is 0.914. The first-order valence-electron chi connectivity index (χ1n) is 10.4. The third-order valence-corrected chi connectivity index (χ3v) is 5.06. The van der Waals surface area contributed by atoms with Crippen molar-refractivity contribution in [1.29, 1.82) is 0 Å². The van der Waals surface area contributed by atoms with Crippen molar-refractivity contribution in [2.75, 3.05) is 16.0 Å². The minimum atomic E-state index is 0.469. The zero-order valence-corrected chi connectivity index (χ0v) is 18.0. The minimum Gasteiger partial charge on any atom is -0.324 e. The lowest BCUT2D eigenvalue weighted by Crippen LogP contribution is -2.08. The molecule has 3 N–H and O–H groups in total. The van der Waals surface area contributed by atoms with E-state index in [1.807, 2.05) is 80.6 Å². The van der Waals surface area contributed by atoms with Gasteiger partial charge < -0.3 is 16.0 Å². The number of anilines is 6. The molecule has 0 fully saturated rings. The second-order valence-corrected chi connectivity index (χ2v) is 7.32. The molecule has 0 saturated carbocycles. The van der Waals surface area contributed by atoms with Gasteiger partial charge in [-0.25, -0.2) is 0 Å². The molecule has 31 heavy (non-hydrogen) atoms. The topological polar surface area (TPSA) is 74.8 Å². The molecule has 6 nitrogen and oxygen atoms in total. The summed E-state index contributed by atoms with van der Waals surface area (Å²) in [7, 11) is 0. The van der Waals surface area contributed by atoms with E-state index < -0.39 is 0 Å². The fourth-order valence-corrected chi connectivity index (χ4v) is 3.28. The van der Waals surface area contributed by atoms with Crippen molar-refractivity contribution in [3.63, 3.8) is 0 Å². The predicted molar refractivity (Wildman–Crippen MR) is 128 cm³/mol. The first-order valence-corrected chi connectivity index (χ1v) is 10.4. The molecule has 1 aromatic heterocycles. The van der Waals surface area contributed by atoms with Crippen LogP contribution in [0.2, 0.25) is 0 Å². The maximum atomic E-state index is 4.62. The molecule has 0 bridgehead atoms. The molecule has 156 valence electrons. The summed E-state index contributed by atoms with van der Waals surface area (Å²) in [4.78, 5) is 13.8. The van der Waals surface area contributed by atoms with Gasteiger partial charge in [0.2, 0.25) is 17.8 Å². The molecule has 0 amide bonds. The van der Waals surface area contributed by atoms with Gasteiger partial charge in [0, 0.05) is 17.1 Å². The van der Waals surface area contributed by atoms with Gasteiger partial charge in [-0.3, -0.25) is 0 Å². The summed E-state index contributed by atoms with van der Waals surface area (Å²) < 4.78 is 0. The molecule has 0 spiro atoms. The molecule has 0 saturated heterocycles. The molecule has 6 heteroatoms. The Kier molecular flexibility index (Phi) is 6.08. The van der Waals surface area contributed by atoms with E-state index in [9.17, 15) is 0 Å². The Morgan fingerprint density at radius 2 is 0.935 bits per heavy atom. The first-order chi connectivity index (χ1) is 15.1. The van der Waals surface area contributed by atoms with E-state index in [0.717, 1.165) is 34.6 Å². The zero-order valence-electron chi connectivity index (χ0n) is 18.0. The summed E-state index contributed by atoms with van der Waals surface area (Å²) in [5.74, 6) is 1.41. The van der Waals surface area contributed by atoms with E-state index in [4.69, 9.17) is 0 Å². The zero-order chi connectivity index (χ0) is 21.6. The van der Waals surface area contributed by atoms with Gasteiger partial charge in [-0.1, -0.05) is 61.5 Å². The summed E-state index contributed by atoms with van der Waals surface area (Å²) in [6, 6.07) is 24.3. The normalized spacial score (nSPS) is 10.5. The fourth-order valence-electron chi connectivity index (χ4n) is 3.28. The van der Waals surface area contributed by atoms with Crippen LogP contribution in [0.4, 0.5) is 34.9 Å². The van der Waals surface area contributed by atoms with E-state index >= 15 is 0 Å². The Morgan fingerprint density at radius 3 is 1.39 bits per heavy atom. The van der Waals surface area contributed by atoms with Crippen molar-refractivity contribution in [1.82, 2.24) is 15.0 Å². The lowest BCUT2D eigenvalue weighted by molar-refractivity contribution is 1.06. The number of aryl methyl sites for hydroxylation is 3. The molecule has 1 heterocycles. The highest BCUT2D eigenvalue weighted by Crippen LogP contribution is 2.24. The van der Waals surface area contributed by atoms with Gasteiger partial charge in [-0.05, 0) is 55.2 Å². The van der Waals surface area contributed by atoms with E-state index in [0.29, 0.717) is 17.8 Å². The molecule has 4 aromatic rings. The standard InChI is InChI=1S/C25H26N6/c1-4-19-13-7-10-16-22(19)28-25-30-23(26-20-14-8-5-11-17(20)2)29-24(31-25)27-21-15-9-6-12-18(21)3/h5-16H,4H2,1-3H3,(H3,26,27,28,29,30,31). The lowest BCUT2D eigenvalue weighted by atomic mass is 10.1. The average molecular weight is 411 g/mol. The second kappa shape index (κ2) is 9.26. The molecule has 0 aliphatic heterocycles. The van der Waals surface area contributed by atoms with Crippen LogP contribution in [0.5, 0.6) is 0 Å². The van der Waals surface area contributed by atoms with Crippen molar-refractivity contribution < 1.29 is 0 Å². The maximum absolute atomic E-state index is 4.62. The van der Waals surface area contributed by atoms with Crippen LogP contribution in [0.25, 0.3) is 0 Å². The molecule has 0 atom stereocenters. The quantitative estimate of drug-likeness (QED) is 0.333. The van der Waals surface area contributed by atoms with Gasteiger partial charge in [0.05, 0.1) is 0 Å². The lowest BCUT2D eigenvalue weighted by Gasteiger charge is -2.14. The van der Waals surface area contributed by atoms with Gasteiger partial charge in [-0.2, -0.15) is 15.0 Å². The second-order valence-electron chi connectivity index (χ2n) is 7.32. The van der Waals surface area contributed by atoms with E-state index in [-0.39, 0.29) is 0 Å². The summed E-state index contributed by atoms with van der Waals surface area (Å²) in [5, 5.41) is 10.0. The van der Waals surface area contributed by atoms with Crippen molar-refractivity contribution in [2.45, 2.75) is 27.2 Å². The third kappa shape index (κ3) is 4.98. The van der Waals surface area contributed by atoms with E-state index in [1.165, 1.54) is 5.56 Å². The minimum absolute atomic E-state index is 0.469. The van der Waals surface area contributed by atoms with Crippen LogP contribution >= 0.6 is 0 Å². The van der Waals surface area contributed by atoms with Gasteiger partial charge in [-0.15, -0.1) is 0 Å². The van der Waals surface area contributed by atoms with Gasteiger partial charge in [0.25, 0.3) is 0 Å². The van der Waals surface area contributed by atoms with Crippen molar-refractivity contribution in [3.8, 4) is 0 Å². The first kappa shape index (κ1) is 20.3. The van der Waals surface area contributed by atoms with Crippen LogP contribution in [0, 0.1) is 13.8 Å². The monoisotopic (exact) mass is 410 g/mol. The van der Waals surface area contributed by atoms with Crippen LogP contribution in [0.1, 0.15) is 23.6 Å². The Balaban J connectivity index is 1.71. The Labute approximate surface area is 182 Å². The average Bonchev–Trinajstić information content (AvgIpc) is 2.77. The largest absolute Gasteiger partial charge is 0.324 e. The summed E-state index contributed by atoms with van der Waals surface area (Å²) in [5.41, 5.74) is 6.32. The maximum Gasteiger partial charge on any atom is 0.233 e. The van der Waals surface area contributed by atoms with Crippen LogP contribution in [-0.2, 0) is 6.42 Å². The SMILES string of the molecule is CCc1ccccc1Nc1nc(Nc2ccccc2C)nc(Nc2ccccc2C)n1. The molecule has 3 aromatic carbocycles. The fraction of sp³-hybridized carbons (Fsp3) is 0.160. The summed E-state index contributed by atoms with van der Waals surface area (Å²) >= 11 is 0. The van der Waals surface area contributed by atoms with E-state index in [2.05, 4.69) is 43.9 Å². The third-order valence-electron chi connectivity index (χ3n) is 5.06. The van der Waals surface area contributed by atoms with Crippen LogP contribution in [0.15, 0.2) is 72.8 Å². The number of nitrogens with zero attached hydrogens (tertiary/aromatic N) is 3. The highest BCUT2D eigenvalue weighted by atomic mass is 15.3. The molecule has 0 unspecified atom stereocenters. The van der Waals surface area contributed by atoms with Crippen molar-refractivity contribution in [2.24, 2.45) is 0 Å². The highest BCUT2D eigenvalue weighted by Gasteiger charge is 2.11. The van der Waals surface area contributed by atoms with Crippen molar-refractivity contribution in [3.05, 3.63) is 89.5 Å². The highest BCUT2D eigenvalue weighted by molar-refractivity contribution is 5.65. The molecule has 4 rings (SSSR count). The van der Waals surface area contributed by atoms with Crippen LogP contribution in [0.3, 0.4) is 0 Å². The number of benzene rings is 3.